The third-order valence-electron chi connectivity index (χ3n) is 4.08. The maximum absolute atomic E-state index is 12.4. The molecule has 29 heavy (non-hydrogen) atoms. The summed E-state index contributed by atoms with van der Waals surface area (Å²) in [6.45, 7) is 2.50. The van der Waals surface area contributed by atoms with E-state index in [4.69, 9.17) is 4.74 Å². The van der Waals surface area contributed by atoms with Gasteiger partial charge in [0.2, 0.25) is 5.88 Å². The highest BCUT2D eigenvalue weighted by molar-refractivity contribution is 5.94. The van der Waals surface area contributed by atoms with Gasteiger partial charge < -0.3 is 15.4 Å². The second-order valence-electron chi connectivity index (χ2n) is 6.30. The fourth-order valence-corrected chi connectivity index (χ4v) is 2.59. The number of carbonyl (C=O) groups excluding carboxylic acids is 1. The van der Waals surface area contributed by atoms with Crippen LogP contribution in [0, 0.1) is 11.8 Å². The SMILES string of the molecule is CNCC#Cc1cc(Oc2cc(C(C)NC(=O)c3ccccc3)ccn2)ccn1. The number of ether oxygens (including phenoxy) is 1. The largest absolute Gasteiger partial charge is 0.439 e. The number of hydrogen-bond acceptors (Lipinski definition) is 5. The Morgan fingerprint density at radius 2 is 1.90 bits per heavy atom. The predicted molar refractivity (Wildman–Crippen MR) is 112 cm³/mol. The third kappa shape index (κ3) is 5.89. The molecule has 0 aliphatic rings. The van der Waals surface area contributed by atoms with Crippen LogP contribution < -0.4 is 15.4 Å². The van der Waals surface area contributed by atoms with Crippen LogP contribution in [0.25, 0.3) is 0 Å². The van der Waals surface area contributed by atoms with Crippen LogP contribution in [0.2, 0.25) is 0 Å². The van der Waals surface area contributed by atoms with E-state index >= 15 is 0 Å². The van der Waals surface area contributed by atoms with Crippen molar-refractivity contribution in [2.24, 2.45) is 0 Å². The Hall–Kier alpha value is -3.69. The average molecular weight is 386 g/mol. The molecule has 0 spiro atoms. The van der Waals surface area contributed by atoms with Crippen LogP contribution in [0.4, 0.5) is 0 Å². The quantitative estimate of drug-likeness (QED) is 0.636. The summed E-state index contributed by atoms with van der Waals surface area (Å²) in [7, 11) is 1.84. The van der Waals surface area contributed by atoms with E-state index in [0.717, 1.165) is 5.56 Å². The molecule has 0 bridgehead atoms. The normalized spacial score (nSPS) is 11.1. The fraction of sp³-hybridized carbons (Fsp3) is 0.174. The highest BCUT2D eigenvalue weighted by atomic mass is 16.5. The fourth-order valence-electron chi connectivity index (χ4n) is 2.59. The van der Waals surface area contributed by atoms with E-state index in [1.165, 1.54) is 0 Å². The summed E-state index contributed by atoms with van der Waals surface area (Å²) in [4.78, 5) is 20.8. The second kappa shape index (κ2) is 10.0. The second-order valence-corrected chi connectivity index (χ2v) is 6.30. The number of nitrogens with one attached hydrogen (secondary N) is 2. The lowest BCUT2D eigenvalue weighted by Crippen LogP contribution is -2.26. The predicted octanol–water partition coefficient (Wildman–Crippen LogP) is 3.33. The Balaban J connectivity index is 1.69. The first-order valence-electron chi connectivity index (χ1n) is 9.25. The van der Waals surface area contributed by atoms with E-state index in [1.807, 2.05) is 44.3 Å². The van der Waals surface area contributed by atoms with Crippen molar-refractivity contribution in [3.8, 4) is 23.5 Å². The van der Waals surface area contributed by atoms with Crippen LogP contribution in [0.1, 0.15) is 34.6 Å². The van der Waals surface area contributed by atoms with Crippen LogP contribution in [0.3, 0.4) is 0 Å². The van der Waals surface area contributed by atoms with Gasteiger partial charge in [0.05, 0.1) is 12.6 Å². The van der Waals surface area contributed by atoms with Crippen molar-refractivity contribution in [3.05, 3.63) is 83.8 Å². The lowest BCUT2D eigenvalue weighted by atomic mass is 10.1. The monoisotopic (exact) mass is 386 g/mol. The molecule has 3 rings (SSSR count). The summed E-state index contributed by atoms with van der Waals surface area (Å²) < 4.78 is 5.86. The van der Waals surface area contributed by atoms with Gasteiger partial charge in [-0.2, -0.15) is 0 Å². The van der Waals surface area contributed by atoms with E-state index in [1.54, 1.807) is 36.7 Å². The van der Waals surface area contributed by atoms with Gasteiger partial charge in [0, 0.05) is 30.1 Å². The van der Waals surface area contributed by atoms with E-state index in [2.05, 4.69) is 32.4 Å². The molecule has 0 saturated heterocycles. The minimum atomic E-state index is -0.200. The molecule has 0 aliphatic heterocycles. The first-order valence-corrected chi connectivity index (χ1v) is 9.25. The van der Waals surface area contributed by atoms with E-state index in [9.17, 15) is 4.79 Å². The molecule has 0 radical (unpaired) electrons. The summed E-state index contributed by atoms with van der Waals surface area (Å²) in [5, 5.41) is 5.95. The van der Waals surface area contributed by atoms with Gasteiger partial charge in [-0.1, -0.05) is 24.1 Å². The summed E-state index contributed by atoms with van der Waals surface area (Å²) in [6.07, 6.45) is 3.30. The van der Waals surface area contributed by atoms with Crippen LogP contribution in [-0.2, 0) is 0 Å². The van der Waals surface area contributed by atoms with Crippen LogP contribution in [0.5, 0.6) is 11.6 Å². The molecule has 0 fully saturated rings. The molecular formula is C23H22N4O2. The van der Waals surface area contributed by atoms with Gasteiger partial charge in [0.25, 0.3) is 5.91 Å². The Kier molecular flexibility index (Phi) is 6.93. The molecule has 0 aliphatic carbocycles. The Morgan fingerprint density at radius 3 is 2.69 bits per heavy atom. The molecule has 2 N–H and O–H groups in total. The molecule has 2 heterocycles. The van der Waals surface area contributed by atoms with Crippen LogP contribution in [0.15, 0.2) is 67.0 Å². The van der Waals surface area contributed by atoms with Crippen molar-refractivity contribution >= 4 is 5.91 Å². The van der Waals surface area contributed by atoms with E-state index < -0.39 is 0 Å². The maximum atomic E-state index is 12.4. The minimum absolute atomic E-state index is 0.128. The van der Waals surface area contributed by atoms with Gasteiger partial charge in [-0.3, -0.25) is 4.79 Å². The van der Waals surface area contributed by atoms with Crippen LogP contribution >= 0.6 is 0 Å². The van der Waals surface area contributed by atoms with Crippen molar-refractivity contribution < 1.29 is 9.53 Å². The lowest BCUT2D eigenvalue weighted by molar-refractivity contribution is 0.0940. The molecule has 3 aromatic rings. The number of aromatic nitrogens is 2. The van der Waals surface area contributed by atoms with Gasteiger partial charge in [0.15, 0.2) is 0 Å². The summed E-state index contributed by atoms with van der Waals surface area (Å²) in [5.41, 5.74) is 2.13. The summed E-state index contributed by atoms with van der Waals surface area (Å²) in [5.74, 6) is 6.83. The molecule has 1 unspecified atom stereocenters. The molecule has 1 amide bonds. The number of hydrogen-bond donors (Lipinski definition) is 2. The van der Waals surface area contributed by atoms with Crippen molar-refractivity contribution in [2.75, 3.05) is 13.6 Å². The van der Waals surface area contributed by atoms with Crippen molar-refractivity contribution in [1.82, 2.24) is 20.6 Å². The number of rotatable bonds is 6. The van der Waals surface area contributed by atoms with Gasteiger partial charge in [-0.25, -0.2) is 9.97 Å². The molecule has 6 nitrogen and oxygen atoms in total. The van der Waals surface area contributed by atoms with Gasteiger partial charge >= 0.3 is 0 Å². The average Bonchev–Trinajstić information content (AvgIpc) is 2.75. The molecule has 6 heteroatoms. The highest BCUT2D eigenvalue weighted by Gasteiger charge is 2.12. The Morgan fingerprint density at radius 1 is 1.10 bits per heavy atom. The zero-order chi connectivity index (χ0) is 20.5. The van der Waals surface area contributed by atoms with Crippen molar-refractivity contribution in [2.45, 2.75) is 13.0 Å². The number of nitrogens with zero attached hydrogens (tertiary/aromatic N) is 2. The molecule has 2 aromatic heterocycles. The smallest absolute Gasteiger partial charge is 0.251 e. The maximum Gasteiger partial charge on any atom is 0.251 e. The topological polar surface area (TPSA) is 76.1 Å². The first-order chi connectivity index (χ1) is 14.2. The molecule has 146 valence electrons. The van der Waals surface area contributed by atoms with Crippen molar-refractivity contribution in [3.63, 3.8) is 0 Å². The number of amides is 1. The first kappa shape index (κ1) is 20.1. The van der Waals surface area contributed by atoms with E-state index in [-0.39, 0.29) is 11.9 Å². The molecular weight excluding hydrogens is 364 g/mol. The minimum Gasteiger partial charge on any atom is -0.439 e. The molecule has 1 atom stereocenters. The van der Waals surface area contributed by atoms with Gasteiger partial charge in [0.1, 0.15) is 11.4 Å². The number of carbonyl (C=O) groups is 1. The Labute approximate surface area is 170 Å². The third-order valence-corrected chi connectivity index (χ3v) is 4.08. The van der Waals surface area contributed by atoms with Crippen LogP contribution in [-0.4, -0.2) is 29.5 Å². The molecule has 0 saturated carbocycles. The van der Waals surface area contributed by atoms with Crippen molar-refractivity contribution in [1.29, 1.82) is 0 Å². The summed E-state index contributed by atoms with van der Waals surface area (Å²) >= 11 is 0. The van der Waals surface area contributed by atoms with Gasteiger partial charge in [-0.15, -0.1) is 0 Å². The van der Waals surface area contributed by atoms with Gasteiger partial charge in [-0.05, 0) is 49.7 Å². The Bertz CT molecular complexity index is 1030. The zero-order valence-electron chi connectivity index (χ0n) is 16.3. The number of benzene rings is 1. The zero-order valence-corrected chi connectivity index (χ0v) is 16.3. The standard InChI is InChI=1S/C23H22N4O2/c1-17(27-23(28)18-7-4-3-5-8-18)19-10-13-26-22(15-19)29-21-11-14-25-20(16-21)9-6-12-24-2/h3-5,7-8,10-11,13-17,24H,12H2,1-2H3,(H,27,28). The summed E-state index contributed by atoms with van der Waals surface area (Å²) in [6, 6.07) is 16.1. The molecule has 1 aromatic carbocycles. The highest BCUT2D eigenvalue weighted by Crippen LogP contribution is 2.22. The number of pyridine rings is 2. The van der Waals surface area contributed by atoms with E-state index in [0.29, 0.717) is 29.4 Å². The lowest BCUT2D eigenvalue weighted by Gasteiger charge is -2.15.